The van der Waals surface area contributed by atoms with Gasteiger partial charge in [0.15, 0.2) is 0 Å². The molecule has 1 fully saturated rings. The number of hydrogen-bond donors (Lipinski definition) is 1. The second-order valence-electron chi connectivity index (χ2n) is 5.72. The zero-order chi connectivity index (χ0) is 15.3. The topological polar surface area (TPSA) is 62.3 Å². The first kappa shape index (κ1) is 16.4. The molecule has 0 bridgehead atoms. The molecule has 1 aliphatic rings. The number of piperidine rings is 1. The zero-order valence-electron chi connectivity index (χ0n) is 12.8. The van der Waals surface area contributed by atoms with Crippen LogP contribution in [0.3, 0.4) is 0 Å². The first-order valence-electron chi connectivity index (χ1n) is 7.58. The van der Waals surface area contributed by atoms with E-state index in [1.54, 1.807) is 10.5 Å². The standard InChI is InChI=1S/C15H25N3O2S/c1-13(16-2)14-6-5-10-18(12-14)21(19,20)11-8-15-7-3-4-9-17-15/h3-4,7,9,13-14,16H,5-6,8,10-12H2,1-2H3. The molecule has 2 unspecified atom stereocenters. The first-order chi connectivity index (χ1) is 10.0. The van der Waals surface area contributed by atoms with Crippen molar-refractivity contribution in [2.24, 2.45) is 5.92 Å². The molecular formula is C15H25N3O2S. The van der Waals surface area contributed by atoms with Crippen LogP contribution >= 0.6 is 0 Å². The number of aryl methyl sites for hydroxylation is 1. The smallest absolute Gasteiger partial charge is 0.214 e. The second-order valence-corrected chi connectivity index (χ2v) is 7.81. The van der Waals surface area contributed by atoms with E-state index in [9.17, 15) is 8.42 Å². The van der Waals surface area contributed by atoms with Gasteiger partial charge in [-0.15, -0.1) is 0 Å². The van der Waals surface area contributed by atoms with Gasteiger partial charge in [-0.2, -0.15) is 0 Å². The highest BCUT2D eigenvalue weighted by molar-refractivity contribution is 7.89. The number of hydrogen-bond acceptors (Lipinski definition) is 4. The van der Waals surface area contributed by atoms with Gasteiger partial charge in [-0.3, -0.25) is 4.98 Å². The molecule has 0 spiro atoms. The molecule has 0 aliphatic carbocycles. The number of nitrogens with one attached hydrogen (secondary N) is 1. The van der Waals surface area contributed by atoms with E-state index < -0.39 is 10.0 Å². The first-order valence-corrected chi connectivity index (χ1v) is 9.19. The lowest BCUT2D eigenvalue weighted by atomic mass is 9.93. The van der Waals surface area contributed by atoms with Crippen molar-refractivity contribution >= 4 is 10.0 Å². The fraction of sp³-hybridized carbons (Fsp3) is 0.667. The van der Waals surface area contributed by atoms with Crippen molar-refractivity contribution in [3.8, 4) is 0 Å². The molecule has 21 heavy (non-hydrogen) atoms. The van der Waals surface area contributed by atoms with Gasteiger partial charge in [-0.05, 0) is 44.9 Å². The van der Waals surface area contributed by atoms with Crippen LogP contribution in [0.2, 0.25) is 0 Å². The Morgan fingerprint density at radius 1 is 1.48 bits per heavy atom. The van der Waals surface area contributed by atoms with Gasteiger partial charge >= 0.3 is 0 Å². The van der Waals surface area contributed by atoms with Crippen molar-refractivity contribution in [3.05, 3.63) is 30.1 Å². The largest absolute Gasteiger partial charge is 0.317 e. The van der Waals surface area contributed by atoms with Crippen LogP contribution in [0.5, 0.6) is 0 Å². The average Bonchev–Trinajstić information content (AvgIpc) is 2.53. The van der Waals surface area contributed by atoms with E-state index in [0.29, 0.717) is 31.5 Å². The maximum Gasteiger partial charge on any atom is 0.214 e. The fourth-order valence-corrected chi connectivity index (χ4v) is 4.33. The summed E-state index contributed by atoms with van der Waals surface area (Å²) in [7, 11) is -1.26. The molecule has 0 saturated carbocycles. The van der Waals surface area contributed by atoms with Crippen molar-refractivity contribution < 1.29 is 8.42 Å². The lowest BCUT2D eigenvalue weighted by Crippen LogP contribution is -2.46. The van der Waals surface area contributed by atoms with E-state index in [0.717, 1.165) is 18.5 Å². The highest BCUT2D eigenvalue weighted by atomic mass is 32.2. The minimum Gasteiger partial charge on any atom is -0.317 e. The Labute approximate surface area is 127 Å². The third-order valence-electron chi connectivity index (χ3n) is 4.32. The van der Waals surface area contributed by atoms with Crippen molar-refractivity contribution in [2.45, 2.75) is 32.2 Å². The SMILES string of the molecule is CNC(C)C1CCCN(S(=O)(=O)CCc2ccccn2)C1. The van der Waals surface area contributed by atoms with Gasteiger partial charge in [0.2, 0.25) is 10.0 Å². The van der Waals surface area contributed by atoms with Crippen LogP contribution in [-0.2, 0) is 16.4 Å². The van der Waals surface area contributed by atoms with E-state index >= 15 is 0 Å². The van der Waals surface area contributed by atoms with Crippen LogP contribution in [0.25, 0.3) is 0 Å². The van der Waals surface area contributed by atoms with Crippen LogP contribution in [0.15, 0.2) is 24.4 Å². The summed E-state index contributed by atoms with van der Waals surface area (Å²) in [6, 6.07) is 5.95. The Morgan fingerprint density at radius 3 is 2.95 bits per heavy atom. The summed E-state index contributed by atoms with van der Waals surface area (Å²) in [6.07, 6.45) is 4.22. The van der Waals surface area contributed by atoms with Crippen molar-refractivity contribution in [3.63, 3.8) is 0 Å². The van der Waals surface area contributed by atoms with Crippen LogP contribution < -0.4 is 5.32 Å². The average molecular weight is 311 g/mol. The molecule has 2 heterocycles. The molecule has 1 aliphatic heterocycles. The second kappa shape index (κ2) is 7.33. The van der Waals surface area contributed by atoms with E-state index in [-0.39, 0.29) is 5.75 Å². The summed E-state index contributed by atoms with van der Waals surface area (Å²) >= 11 is 0. The van der Waals surface area contributed by atoms with Crippen LogP contribution in [0, 0.1) is 5.92 Å². The van der Waals surface area contributed by atoms with Gasteiger partial charge in [0.25, 0.3) is 0 Å². The predicted octanol–water partition coefficient (Wildman–Crippen LogP) is 1.27. The minimum atomic E-state index is -3.19. The van der Waals surface area contributed by atoms with E-state index in [1.165, 1.54) is 0 Å². The molecule has 0 amide bonds. The summed E-state index contributed by atoms with van der Waals surface area (Å²) in [5.74, 6) is 0.540. The minimum absolute atomic E-state index is 0.144. The molecule has 1 N–H and O–H groups in total. The quantitative estimate of drug-likeness (QED) is 0.859. The molecule has 0 aromatic carbocycles. The lowest BCUT2D eigenvalue weighted by molar-refractivity contribution is 0.229. The van der Waals surface area contributed by atoms with Gasteiger partial charge in [-0.25, -0.2) is 12.7 Å². The van der Waals surface area contributed by atoms with Crippen LogP contribution in [-0.4, -0.2) is 49.6 Å². The van der Waals surface area contributed by atoms with Gasteiger partial charge < -0.3 is 5.32 Å². The van der Waals surface area contributed by atoms with Gasteiger partial charge in [-0.1, -0.05) is 6.07 Å². The van der Waals surface area contributed by atoms with Crippen molar-refractivity contribution in [2.75, 3.05) is 25.9 Å². The third kappa shape index (κ3) is 4.49. The van der Waals surface area contributed by atoms with E-state index in [4.69, 9.17) is 0 Å². The maximum absolute atomic E-state index is 12.5. The molecule has 2 atom stereocenters. The number of aromatic nitrogens is 1. The molecule has 0 radical (unpaired) electrons. The molecule has 1 aromatic heterocycles. The normalized spacial score (nSPS) is 22.1. The Kier molecular flexibility index (Phi) is 5.72. The number of sulfonamides is 1. The van der Waals surface area contributed by atoms with E-state index in [2.05, 4.69) is 17.2 Å². The molecule has 5 nitrogen and oxygen atoms in total. The fourth-order valence-electron chi connectivity index (χ4n) is 2.78. The number of nitrogens with zero attached hydrogens (tertiary/aromatic N) is 2. The van der Waals surface area contributed by atoms with Crippen LogP contribution in [0.4, 0.5) is 0 Å². The maximum atomic E-state index is 12.5. The van der Waals surface area contributed by atoms with Crippen molar-refractivity contribution in [1.82, 2.24) is 14.6 Å². The van der Waals surface area contributed by atoms with E-state index in [1.807, 2.05) is 25.2 Å². The van der Waals surface area contributed by atoms with Gasteiger partial charge in [0.1, 0.15) is 0 Å². The third-order valence-corrected chi connectivity index (χ3v) is 6.16. The van der Waals surface area contributed by atoms with Crippen LogP contribution in [0.1, 0.15) is 25.5 Å². The summed E-state index contributed by atoms with van der Waals surface area (Å²) in [5, 5.41) is 3.23. The molecular weight excluding hydrogens is 286 g/mol. The summed E-state index contributed by atoms with van der Waals surface area (Å²) < 4.78 is 26.7. The monoisotopic (exact) mass is 311 g/mol. The Balaban J connectivity index is 1.95. The highest BCUT2D eigenvalue weighted by Crippen LogP contribution is 2.22. The molecule has 1 aromatic rings. The molecule has 118 valence electrons. The van der Waals surface area contributed by atoms with Gasteiger partial charge in [0, 0.05) is 37.4 Å². The Hall–Kier alpha value is -0.980. The highest BCUT2D eigenvalue weighted by Gasteiger charge is 2.30. The summed E-state index contributed by atoms with van der Waals surface area (Å²) in [5.41, 5.74) is 0.832. The predicted molar refractivity (Wildman–Crippen MR) is 84.5 cm³/mol. The van der Waals surface area contributed by atoms with Gasteiger partial charge in [0.05, 0.1) is 5.75 Å². The number of pyridine rings is 1. The van der Waals surface area contributed by atoms with Crippen molar-refractivity contribution in [1.29, 1.82) is 0 Å². The zero-order valence-corrected chi connectivity index (χ0v) is 13.6. The Morgan fingerprint density at radius 2 is 2.29 bits per heavy atom. The molecule has 6 heteroatoms. The lowest BCUT2D eigenvalue weighted by Gasteiger charge is -2.34. The summed E-state index contributed by atoms with van der Waals surface area (Å²) in [4.78, 5) is 4.19. The summed E-state index contributed by atoms with van der Waals surface area (Å²) in [6.45, 7) is 3.40. The number of rotatable bonds is 6. The Bertz CT molecular complexity index is 533. The molecule has 2 rings (SSSR count). The molecule has 1 saturated heterocycles.